The van der Waals surface area contributed by atoms with Crippen LogP contribution in [0.25, 0.3) is 0 Å². The van der Waals surface area contributed by atoms with Crippen LogP contribution in [0.15, 0.2) is 0 Å². The van der Waals surface area contributed by atoms with E-state index >= 15 is 0 Å². The number of piperidine rings is 1. The van der Waals surface area contributed by atoms with Crippen LogP contribution >= 0.6 is 0 Å². The molecule has 0 saturated carbocycles. The van der Waals surface area contributed by atoms with Crippen LogP contribution < -0.4 is 16.0 Å². The van der Waals surface area contributed by atoms with Crippen molar-refractivity contribution in [3.8, 4) is 0 Å². The van der Waals surface area contributed by atoms with Gasteiger partial charge in [-0.25, -0.2) is 0 Å². The van der Waals surface area contributed by atoms with Crippen molar-refractivity contribution in [2.45, 2.75) is 71.5 Å². The molecule has 7 nitrogen and oxygen atoms in total. The number of hydrogen-bond donors (Lipinski definition) is 3. The second-order valence-electron chi connectivity index (χ2n) is 8.09. The van der Waals surface area contributed by atoms with E-state index in [1.54, 1.807) is 18.7 Å². The van der Waals surface area contributed by atoms with Crippen molar-refractivity contribution in [2.75, 3.05) is 5.32 Å². The molecule has 0 spiro atoms. The predicted octanol–water partition coefficient (Wildman–Crippen LogP) is 1.40. The standard InChI is InChI=1S/C17H29N5O2/c1-10-13(11(2)22(7)20-10)19-15(24)14(23)18-12-8-16(3,4)21-17(5,6)9-12/h12,21H,8-9H2,1-7H3,(H,18,23)(H,19,24). The second-order valence-corrected chi connectivity index (χ2v) is 8.09. The first-order chi connectivity index (χ1) is 10.9. The predicted molar refractivity (Wildman–Crippen MR) is 93.8 cm³/mol. The van der Waals surface area contributed by atoms with Gasteiger partial charge in [-0.15, -0.1) is 0 Å². The van der Waals surface area contributed by atoms with Crippen molar-refractivity contribution < 1.29 is 9.59 Å². The fourth-order valence-electron chi connectivity index (χ4n) is 3.80. The van der Waals surface area contributed by atoms with Crippen LogP contribution in [0.4, 0.5) is 5.69 Å². The summed E-state index contributed by atoms with van der Waals surface area (Å²) < 4.78 is 1.68. The van der Waals surface area contributed by atoms with Gasteiger partial charge in [-0.2, -0.15) is 5.10 Å². The molecule has 0 radical (unpaired) electrons. The topological polar surface area (TPSA) is 88.0 Å². The molecule has 2 rings (SSSR count). The maximum atomic E-state index is 12.3. The molecule has 7 heteroatoms. The third kappa shape index (κ3) is 4.14. The summed E-state index contributed by atoms with van der Waals surface area (Å²) in [5, 5.41) is 13.4. The van der Waals surface area contributed by atoms with E-state index in [1.165, 1.54) is 0 Å². The third-order valence-corrected chi connectivity index (χ3v) is 4.48. The van der Waals surface area contributed by atoms with Gasteiger partial charge in [-0.1, -0.05) is 0 Å². The number of carbonyl (C=O) groups is 2. The van der Waals surface area contributed by atoms with Gasteiger partial charge >= 0.3 is 11.8 Å². The van der Waals surface area contributed by atoms with Crippen molar-refractivity contribution in [2.24, 2.45) is 7.05 Å². The zero-order valence-corrected chi connectivity index (χ0v) is 15.7. The number of anilines is 1. The fraction of sp³-hybridized carbons (Fsp3) is 0.706. The largest absolute Gasteiger partial charge is 0.345 e. The molecule has 1 aliphatic rings. The Balaban J connectivity index is 2.03. The number of aromatic nitrogens is 2. The zero-order valence-electron chi connectivity index (χ0n) is 15.7. The first-order valence-electron chi connectivity index (χ1n) is 8.31. The Morgan fingerprint density at radius 3 is 2.12 bits per heavy atom. The molecule has 2 heterocycles. The summed E-state index contributed by atoms with van der Waals surface area (Å²) in [5.74, 6) is -1.25. The Bertz CT molecular complexity index is 644. The fourth-order valence-corrected chi connectivity index (χ4v) is 3.80. The van der Waals surface area contributed by atoms with Crippen molar-refractivity contribution in [3.63, 3.8) is 0 Å². The normalized spacial score (nSPS) is 19.8. The molecular weight excluding hydrogens is 306 g/mol. The molecular formula is C17H29N5O2. The van der Waals surface area contributed by atoms with Crippen LogP contribution in [-0.4, -0.2) is 38.7 Å². The van der Waals surface area contributed by atoms with Crippen molar-refractivity contribution in [1.82, 2.24) is 20.4 Å². The maximum absolute atomic E-state index is 12.3. The van der Waals surface area contributed by atoms with E-state index in [2.05, 4.69) is 48.7 Å². The molecule has 1 fully saturated rings. The molecule has 0 aliphatic carbocycles. The summed E-state index contributed by atoms with van der Waals surface area (Å²) in [5.41, 5.74) is 1.93. The molecule has 0 unspecified atom stereocenters. The molecule has 1 aromatic rings. The van der Waals surface area contributed by atoms with Crippen molar-refractivity contribution in [3.05, 3.63) is 11.4 Å². The molecule has 24 heavy (non-hydrogen) atoms. The smallest absolute Gasteiger partial charge is 0.313 e. The van der Waals surface area contributed by atoms with E-state index in [9.17, 15) is 9.59 Å². The lowest BCUT2D eigenvalue weighted by Crippen LogP contribution is -2.62. The molecule has 0 bridgehead atoms. The highest BCUT2D eigenvalue weighted by atomic mass is 16.2. The van der Waals surface area contributed by atoms with Crippen LogP contribution in [-0.2, 0) is 16.6 Å². The third-order valence-electron chi connectivity index (χ3n) is 4.48. The highest BCUT2D eigenvalue weighted by Gasteiger charge is 2.38. The van der Waals surface area contributed by atoms with E-state index in [1.807, 2.05) is 6.92 Å². The van der Waals surface area contributed by atoms with Crippen LogP contribution in [0.3, 0.4) is 0 Å². The number of rotatable bonds is 2. The van der Waals surface area contributed by atoms with E-state index in [4.69, 9.17) is 0 Å². The lowest BCUT2D eigenvalue weighted by atomic mass is 9.79. The highest BCUT2D eigenvalue weighted by Crippen LogP contribution is 2.28. The Morgan fingerprint density at radius 2 is 1.67 bits per heavy atom. The van der Waals surface area contributed by atoms with E-state index in [-0.39, 0.29) is 17.1 Å². The number of nitrogens with one attached hydrogen (secondary N) is 3. The van der Waals surface area contributed by atoms with Gasteiger partial charge in [0, 0.05) is 24.2 Å². The molecule has 134 valence electrons. The van der Waals surface area contributed by atoms with Gasteiger partial charge in [0.15, 0.2) is 0 Å². The number of hydrogen-bond acceptors (Lipinski definition) is 4. The van der Waals surface area contributed by atoms with Gasteiger partial charge in [0.05, 0.1) is 17.1 Å². The Hall–Kier alpha value is -1.89. The summed E-state index contributed by atoms with van der Waals surface area (Å²) in [4.78, 5) is 24.5. The highest BCUT2D eigenvalue weighted by molar-refractivity contribution is 6.39. The minimum absolute atomic E-state index is 0.0365. The van der Waals surface area contributed by atoms with Crippen LogP contribution in [0.2, 0.25) is 0 Å². The molecule has 0 aromatic carbocycles. The Morgan fingerprint density at radius 1 is 1.12 bits per heavy atom. The average molecular weight is 335 g/mol. The van der Waals surface area contributed by atoms with Gasteiger partial charge in [0.1, 0.15) is 0 Å². The van der Waals surface area contributed by atoms with Gasteiger partial charge < -0.3 is 16.0 Å². The van der Waals surface area contributed by atoms with Gasteiger partial charge in [0.2, 0.25) is 0 Å². The second kappa shape index (κ2) is 6.20. The maximum Gasteiger partial charge on any atom is 0.313 e. The Labute approximate surface area is 143 Å². The monoisotopic (exact) mass is 335 g/mol. The van der Waals surface area contributed by atoms with Crippen molar-refractivity contribution in [1.29, 1.82) is 0 Å². The lowest BCUT2D eigenvalue weighted by Gasteiger charge is -2.46. The summed E-state index contributed by atoms with van der Waals surface area (Å²) in [6, 6.07) is -0.0365. The van der Waals surface area contributed by atoms with Crippen LogP contribution in [0, 0.1) is 13.8 Å². The summed E-state index contributed by atoms with van der Waals surface area (Å²) in [6.45, 7) is 12.1. The number of carbonyl (C=O) groups excluding carboxylic acids is 2. The molecule has 1 saturated heterocycles. The number of aryl methyl sites for hydroxylation is 2. The van der Waals surface area contributed by atoms with Gasteiger partial charge in [-0.05, 0) is 54.4 Å². The van der Waals surface area contributed by atoms with Crippen LogP contribution in [0.1, 0.15) is 51.9 Å². The molecule has 3 N–H and O–H groups in total. The summed E-state index contributed by atoms with van der Waals surface area (Å²) in [6.07, 6.45) is 1.56. The van der Waals surface area contributed by atoms with E-state index in [0.29, 0.717) is 11.4 Å². The lowest BCUT2D eigenvalue weighted by molar-refractivity contribution is -0.137. The minimum atomic E-state index is -0.650. The minimum Gasteiger partial charge on any atom is -0.345 e. The summed E-state index contributed by atoms with van der Waals surface area (Å²) >= 11 is 0. The number of amides is 2. The average Bonchev–Trinajstić information content (AvgIpc) is 2.61. The molecule has 1 aliphatic heterocycles. The number of nitrogens with zero attached hydrogens (tertiary/aromatic N) is 2. The van der Waals surface area contributed by atoms with Gasteiger partial charge in [0.25, 0.3) is 0 Å². The summed E-state index contributed by atoms with van der Waals surface area (Å²) in [7, 11) is 1.80. The SMILES string of the molecule is Cc1nn(C)c(C)c1NC(=O)C(=O)NC1CC(C)(C)NC(C)(C)C1. The molecule has 0 atom stereocenters. The first-order valence-corrected chi connectivity index (χ1v) is 8.31. The van der Waals surface area contributed by atoms with E-state index in [0.717, 1.165) is 18.5 Å². The van der Waals surface area contributed by atoms with Gasteiger partial charge in [-0.3, -0.25) is 14.3 Å². The van der Waals surface area contributed by atoms with E-state index < -0.39 is 11.8 Å². The van der Waals surface area contributed by atoms with Crippen molar-refractivity contribution >= 4 is 17.5 Å². The Kier molecular flexibility index (Phi) is 4.77. The van der Waals surface area contributed by atoms with Crippen LogP contribution in [0.5, 0.6) is 0 Å². The first kappa shape index (κ1) is 18.4. The molecule has 2 amide bonds. The zero-order chi connectivity index (χ0) is 18.3. The quantitative estimate of drug-likeness (QED) is 0.713. The molecule has 1 aromatic heterocycles.